The molecule has 1 saturated carbocycles. The summed E-state index contributed by atoms with van der Waals surface area (Å²) in [6, 6.07) is 20.4. The highest BCUT2D eigenvalue weighted by atomic mass is 35.5. The number of imidazole rings is 1. The van der Waals surface area contributed by atoms with Crippen LogP contribution in [0.5, 0.6) is 0 Å². The molecule has 6 rings (SSSR count). The lowest BCUT2D eigenvalue weighted by Gasteiger charge is -2.24. The van der Waals surface area contributed by atoms with Crippen molar-refractivity contribution in [2.24, 2.45) is 0 Å². The number of hydrogen-bond donors (Lipinski definition) is 2. The molecule has 9 nitrogen and oxygen atoms in total. The van der Waals surface area contributed by atoms with Gasteiger partial charge in [-0.25, -0.2) is 4.98 Å². The maximum absolute atomic E-state index is 12.3. The standard InChI is InChI=1S/C30H33ClN6O3/c1-4-23(38)34-21-15-22(26-25(21)39-30(2,3)40-26)37-17-33-24-27(35-29(31)36-28(24)37)32-16-20(18-11-7-5-8-12-18)19-13-9-6-10-14-19/h5-14,17,20-22,25-26H,4,15-16H2,1-3H3,(H,34,38)(H,32,35,36)/t21-,22+,25+,26-/m0/s1. The van der Waals surface area contributed by atoms with Crippen LogP contribution in [0.1, 0.15) is 56.7 Å². The van der Waals surface area contributed by atoms with Crippen molar-refractivity contribution in [1.82, 2.24) is 24.8 Å². The van der Waals surface area contributed by atoms with E-state index in [4.69, 9.17) is 26.1 Å². The van der Waals surface area contributed by atoms with E-state index in [2.05, 4.69) is 44.9 Å². The number of amides is 1. The minimum atomic E-state index is -0.761. The second kappa shape index (κ2) is 10.8. The lowest BCUT2D eigenvalue weighted by molar-refractivity contribution is -0.158. The van der Waals surface area contributed by atoms with Crippen LogP contribution in [0, 0.1) is 0 Å². The number of aromatic nitrogens is 4. The van der Waals surface area contributed by atoms with Crippen LogP contribution in [0.2, 0.25) is 5.28 Å². The van der Waals surface area contributed by atoms with Gasteiger partial charge in [0.15, 0.2) is 22.8 Å². The van der Waals surface area contributed by atoms with Crippen LogP contribution in [-0.2, 0) is 14.3 Å². The first-order chi connectivity index (χ1) is 19.3. The first-order valence-corrected chi connectivity index (χ1v) is 14.1. The fourth-order valence-electron chi connectivity index (χ4n) is 5.93. The van der Waals surface area contributed by atoms with Gasteiger partial charge in [-0.15, -0.1) is 0 Å². The van der Waals surface area contributed by atoms with Gasteiger partial charge in [0.2, 0.25) is 11.2 Å². The Bertz CT molecular complexity index is 1460. The number of halogens is 1. The number of carbonyl (C=O) groups excluding carboxylic acids is 1. The van der Waals surface area contributed by atoms with Gasteiger partial charge in [-0.05, 0) is 43.0 Å². The molecule has 2 aromatic carbocycles. The van der Waals surface area contributed by atoms with Gasteiger partial charge in [0.25, 0.3) is 0 Å². The number of carbonyl (C=O) groups is 1. The summed E-state index contributed by atoms with van der Waals surface area (Å²) >= 11 is 6.47. The largest absolute Gasteiger partial charge is 0.367 e. The molecular formula is C30H33ClN6O3. The molecule has 0 radical (unpaired) electrons. The number of rotatable bonds is 8. The van der Waals surface area contributed by atoms with E-state index in [1.165, 1.54) is 11.1 Å². The first-order valence-electron chi connectivity index (χ1n) is 13.7. The smallest absolute Gasteiger partial charge is 0.226 e. The van der Waals surface area contributed by atoms with Crippen molar-refractivity contribution in [1.29, 1.82) is 0 Å². The number of ether oxygens (including phenoxy) is 2. The summed E-state index contributed by atoms with van der Waals surface area (Å²) in [6.45, 7) is 6.22. The van der Waals surface area contributed by atoms with E-state index in [-0.39, 0.29) is 41.4 Å². The Morgan fingerprint density at radius 1 is 1.05 bits per heavy atom. The summed E-state index contributed by atoms with van der Waals surface area (Å²) in [5.74, 6) is -0.113. The van der Waals surface area contributed by atoms with Crippen LogP contribution in [0.25, 0.3) is 11.2 Å². The van der Waals surface area contributed by atoms with E-state index in [1.807, 2.05) is 61.7 Å². The SMILES string of the molecule is CCC(=O)N[C@H]1C[C@@H](n2cnc3c(NCC(c4ccccc4)c4ccccc4)nc(Cl)nc32)[C@@H]2OC(C)(C)O[C@@H]21. The van der Waals surface area contributed by atoms with Crippen LogP contribution < -0.4 is 10.6 Å². The van der Waals surface area contributed by atoms with E-state index in [9.17, 15) is 4.79 Å². The van der Waals surface area contributed by atoms with Crippen molar-refractivity contribution >= 4 is 34.5 Å². The Morgan fingerprint density at radius 2 is 1.70 bits per heavy atom. The highest BCUT2D eigenvalue weighted by Gasteiger charge is 2.55. The third-order valence-electron chi connectivity index (χ3n) is 7.73. The minimum absolute atomic E-state index is 0.0172. The summed E-state index contributed by atoms with van der Waals surface area (Å²) in [5.41, 5.74) is 3.63. The quantitative estimate of drug-likeness (QED) is 0.290. The Kier molecular flexibility index (Phi) is 7.20. The zero-order valence-electron chi connectivity index (χ0n) is 22.8. The molecule has 4 atom stereocenters. The molecule has 0 unspecified atom stereocenters. The van der Waals surface area contributed by atoms with Gasteiger partial charge in [0.1, 0.15) is 12.2 Å². The molecule has 4 aromatic rings. The molecule has 2 aromatic heterocycles. The predicted molar refractivity (Wildman–Crippen MR) is 153 cm³/mol. The number of nitrogens with one attached hydrogen (secondary N) is 2. The van der Waals surface area contributed by atoms with Crippen LogP contribution >= 0.6 is 11.6 Å². The second-order valence-electron chi connectivity index (χ2n) is 10.8. The summed E-state index contributed by atoms with van der Waals surface area (Å²) in [7, 11) is 0. The molecule has 0 spiro atoms. The van der Waals surface area contributed by atoms with Crippen molar-refractivity contribution < 1.29 is 14.3 Å². The Labute approximate surface area is 238 Å². The average molecular weight is 561 g/mol. The molecule has 0 bridgehead atoms. The van der Waals surface area contributed by atoms with Crippen molar-refractivity contribution in [2.75, 3.05) is 11.9 Å². The monoisotopic (exact) mass is 560 g/mol. The predicted octanol–water partition coefficient (Wildman–Crippen LogP) is 5.08. The van der Waals surface area contributed by atoms with Gasteiger partial charge >= 0.3 is 0 Å². The number of nitrogens with zero attached hydrogens (tertiary/aromatic N) is 4. The van der Waals surface area contributed by atoms with Crippen LogP contribution in [-0.4, -0.2) is 56.0 Å². The molecule has 1 amide bonds. The molecule has 2 N–H and O–H groups in total. The van der Waals surface area contributed by atoms with Gasteiger partial charge in [-0.2, -0.15) is 9.97 Å². The maximum Gasteiger partial charge on any atom is 0.226 e. The normalized spacial score (nSPS) is 23.4. The fourth-order valence-corrected chi connectivity index (χ4v) is 6.09. The molecule has 40 heavy (non-hydrogen) atoms. The fraction of sp³-hybridized carbons (Fsp3) is 0.400. The van der Waals surface area contributed by atoms with Crippen molar-refractivity contribution in [3.05, 3.63) is 83.4 Å². The second-order valence-corrected chi connectivity index (χ2v) is 11.2. The van der Waals surface area contributed by atoms with Gasteiger partial charge in [-0.3, -0.25) is 4.79 Å². The van der Waals surface area contributed by atoms with Gasteiger partial charge in [0, 0.05) is 18.9 Å². The van der Waals surface area contributed by atoms with E-state index in [0.717, 1.165) is 0 Å². The molecule has 2 aliphatic rings. The van der Waals surface area contributed by atoms with E-state index < -0.39 is 5.79 Å². The molecule has 2 fully saturated rings. The Morgan fingerprint density at radius 3 is 2.35 bits per heavy atom. The summed E-state index contributed by atoms with van der Waals surface area (Å²) < 4.78 is 14.5. The molecular weight excluding hydrogens is 528 g/mol. The maximum atomic E-state index is 12.3. The summed E-state index contributed by atoms with van der Waals surface area (Å²) in [5, 5.41) is 6.75. The minimum Gasteiger partial charge on any atom is -0.367 e. The number of hydrogen-bond acceptors (Lipinski definition) is 7. The van der Waals surface area contributed by atoms with Crippen molar-refractivity contribution in [2.45, 2.75) is 69.6 Å². The summed E-state index contributed by atoms with van der Waals surface area (Å²) in [4.78, 5) is 26.1. The van der Waals surface area contributed by atoms with Crippen molar-refractivity contribution in [3.63, 3.8) is 0 Å². The zero-order valence-corrected chi connectivity index (χ0v) is 23.5. The molecule has 208 valence electrons. The Hall–Kier alpha value is -3.53. The van der Waals surface area contributed by atoms with Gasteiger partial charge in [-0.1, -0.05) is 67.6 Å². The van der Waals surface area contributed by atoms with E-state index in [1.54, 1.807) is 6.33 Å². The van der Waals surface area contributed by atoms with Crippen LogP contribution in [0.3, 0.4) is 0 Å². The topological polar surface area (TPSA) is 103 Å². The summed E-state index contributed by atoms with van der Waals surface area (Å²) in [6.07, 6.45) is 2.23. The molecule has 1 saturated heterocycles. The average Bonchev–Trinajstić information content (AvgIpc) is 3.61. The third-order valence-corrected chi connectivity index (χ3v) is 7.90. The lowest BCUT2D eigenvalue weighted by atomic mass is 9.91. The highest BCUT2D eigenvalue weighted by Crippen LogP contribution is 2.45. The van der Waals surface area contributed by atoms with Crippen molar-refractivity contribution in [3.8, 4) is 0 Å². The molecule has 10 heteroatoms. The number of anilines is 1. The van der Waals surface area contributed by atoms with E-state index >= 15 is 0 Å². The van der Waals surface area contributed by atoms with Gasteiger partial charge < -0.3 is 24.7 Å². The van der Waals surface area contributed by atoms with Gasteiger partial charge in [0.05, 0.1) is 18.4 Å². The molecule has 3 heterocycles. The third kappa shape index (κ3) is 5.16. The Balaban J connectivity index is 1.31. The number of fused-ring (bicyclic) bond motifs is 2. The van der Waals surface area contributed by atoms with Crippen LogP contribution in [0.4, 0.5) is 5.82 Å². The zero-order chi connectivity index (χ0) is 27.9. The van der Waals surface area contributed by atoms with Crippen LogP contribution in [0.15, 0.2) is 67.0 Å². The first kappa shape index (κ1) is 26.7. The highest BCUT2D eigenvalue weighted by molar-refractivity contribution is 6.28. The molecule has 1 aliphatic heterocycles. The van der Waals surface area contributed by atoms with E-state index in [0.29, 0.717) is 36.4 Å². The molecule has 1 aliphatic carbocycles. The number of benzene rings is 2. The lowest BCUT2D eigenvalue weighted by Crippen LogP contribution is -2.42.